The fraction of sp³-hybridized carbons (Fsp3) is 0.333. The lowest BCUT2D eigenvalue weighted by Gasteiger charge is -2.21. The van der Waals surface area contributed by atoms with Gasteiger partial charge in [0.05, 0.1) is 18.2 Å². The van der Waals surface area contributed by atoms with Crippen LogP contribution in [0, 0.1) is 13.8 Å². The number of rotatable bonds is 5. The predicted molar refractivity (Wildman–Crippen MR) is 89.4 cm³/mol. The molecule has 1 N–H and O–H groups in total. The van der Waals surface area contributed by atoms with Crippen LogP contribution >= 0.6 is 11.6 Å². The first-order valence-corrected chi connectivity index (χ1v) is 7.58. The minimum absolute atomic E-state index is 0.139. The van der Waals surface area contributed by atoms with Crippen molar-refractivity contribution in [2.45, 2.75) is 26.8 Å². The minimum atomic E-state index is 0.139. The Morgan fingerprint density at radius 2 is 1.71 bits per heavy atom. The Bertz CT molecular complexity index is 604. The molecule has 0 aliphatic heterocycles. The first-order valence-electron chi connectivity index (χ1n) is 7.20. The number of ether oxygens (including phenoxy) is 1. The van der Waals surface area contributed by atoms with Gasteiger partial charge in [0.2, 0.25) is 0 Å². The van der Waals surface area contributed by atoms with E-state index in [1.54, 1.807) is 7.11 Å². The van der Waals surface area contributed by atoms with Crippen molar-refractivity contribution < 1.29 is 4.74 Å². The molecule has 0 aliphatic carbocycles. The van der Waals surface area contributed by atoms with Crippen LogP contribution in [0.25, 0.3) is 0 Å². The second-order valence-corrected chi connectivity index (χ2v) is 5.71. The van der Waals surface area contributed by atoms with Crippen LogP contribution in [-0.4, -0.2) is 13.7 Å². The molecule has 21 heavy (non-hydrogen) atoms. The van der Waals surface area contributed by atoms with E-state index in [0.717, 1.165) is 12.1 Å². The standard InChI is InChI=1S/C18H22ClNO/c1-5-20-18(15-9-12(2)8-13(3)10-15)14-6-7-16(19)17(11-14)21-4/h6-11,18,20H,5H2,1-4H3. The van der Waals surface area contributed by atoms with Gasteiger partial charge in [-0.25, -0.2) is 0 Å². The molecule has 0 bridgehead atoms. The molecule has 2 aromatic carbocycles. The van der Waals surface area contributed by atoms with Crippen LogP contribution in [0.4, 0.5) is 0 Å². The predicted octanol–water partition coefficient (Wildman–Crippen LogP) is 4.66. The summed E-state index contributed by atoms with van der Waals surface area (Å²) in [5.74, 6) is 0.710. The van der Waals surface area contributed by atoms with Crippen molar-refractivity contribution in [3.05, 3.63) is 63.7 Å². The maximum absolute atomic E-state index is 6.13. The number of hydrogen-bond donors (Lipinski definition) is 1. The molecule has 0 aromatic heterocycles. The van der Waals surface area contributed by atoms with Crippen LogP contribution in [0.3, 0.4) is 0 Å². The first kappa shape index (κ1) is 15.9. The van der Waals surface area contributed by atoms with E-state index in [4.69, 9.17) is 16.3 Å². The van der Waals surface area contributed by atoms with Gasteiger partial charge in [0.1, 0.15) is 5.75 Å². The van der Waals surface area contributed by atoms with Crippen molar-refractivity contribution >= 4 is 11.6 Å². The van der Waals surface area contributed by atoms with E-state index < -0.39 is 0 Å². The summed E-state index contributed by atoms with van der Waals surface area (Å²) >= 11 is 6.13. The summed E-state index contributed by atoms with van der Waals surface area (Å²) in [6.45, 7) is 7.26. The zero-order valence-corrected chi connectivity index (χ0v) is 13.8. The quantitative estimate of drug-likeness (QED) is 0.867. The van der Waals surface area contributed by atoms with Gasteiger partial charge in [0.15, 0.2) is 0 Å². The summed E-state index contributed by atoms with van der Waals surface area (Å²) in [5.41, 5.74) is 4.96. The molecule has 0 heterocycles. The van der Waals surface area contributed by atoms with Crippen molar-refractivity contribution in [2.75, 3.05) is 13.7 Å². The highest BCUT2D eigenvalue weighted by molar-refractivity contribution is 6.32. The summed E-state index contributed by atoms with van der Waals surface area (Å²) in [4.78, 5) is 0. The van der Waals surface area contributed by atoms with Crippen molar-refractivity contribution in [1.82, 2.24) is 5.32 Å². The highest BCUT2D eigenvalue weighted by Crippen LogP contribution is 2.31. The van der Waals surface area contributed by atoms with Crippen LogP contribution in [0.1, 0.15) is 35.2 Å². The first-order chi connectivity index (χ1) is 10.0. The summed E-state index contributed by atoms with van der Waals surface area (Å²) < 4.78 is 5.34. The van der Waals surface area contributed by atoms with E-state index in [1.807, 2.05) is 12.1 Å². The molecule has 2 aromatic rings. The van der Waals surface area contributed by atoms with Crippen LogP contribution in [-0.2, 0) is 0 Å². The Balaban J connectivity index is 2.47. The second-order valence-electron chi connectivity index (χ2n) is 5.31. The van der Waals surface area contributed by atoms with Crippen molar-refractivity contribution in [2.24, 2.45) is 0 Å². The third-order valence-electron chi connectivity index (χ3n) is 3.49. The van der Waals surface area contributed by atoms with E-state index in [2.05, 4.69) is 50.4 Å². The van der Waals surface area contributed by atoms with E-state index in [-0.39, 0.29) is 6.04 Å². The number of aryl methyl sites for hydroxylation is 2. The molecule has 2 nitrogen and oxygen atoms in total. The second kappa shape index (κ2) is 6.97. The van der Waals surface area contributed by atoms with Gasteiger partial charge in [0.25, 0.3) is 0 Å². The van der Waals surface area contributed by atoms with Crippen LogP contribution in [0.2, 0.25) is 5.02 Å². The van der Waals surface area contributed by atoms with Crippen molar-refractivity contribution in [1.29, 1.82) is 0 Å². The lowest BCUT2D eigenvalue weighted by atomic mass is 9.95. The van der Waals surface area contributed by atoms with Crippen molar-refractivity contribution in [3.8, 4) is 5.75 Å². The summed E-state index contributed by atoms with van der Waals surface area (Å²) in [6.07, 6.45) is 0. The maximum atomic E-state index is 6.13. The highest BCUT2D eigenvalue weighted by Gasteiger charge is 2.15. The Hall–Kier alpha value is -1.51. The highest BCUT2D eigenvalue weighted by atomic mass is 35.5. The molecule has 0 saturated heterocycles. The smallest absolute Gasteiger partial charge is 0.137 e. The molecule has 2 rings (SSSR count). The summed E-state index contributed by atoms with van der Waals surface area (Å²) in [5, 5.41) is 4.18. The van der Waals surface area contributed by atoms with Crippen LogP contribution < -0.4 is 10.1 Å². The Morgan fingerprint density at radius 3 is 2.29 bits per heavy atom. The van der Waals surface area contributed by atoms with Crippen molar-refractivity contribution in [3.63, 3.8) is 0 Å². The number of halogens is 1. The summed E-state index contributed by atoms with van der Waals surface area (Å²) in [6, 6.07) is 12.7. The zero-order valence-electron chi connectivity index (χ0n) is 13.0. The van der Waals surface area contributed by atoms with Crippen LogP contribution in [0.15, 0.2) is 36.4 Å². The molecule has 0 radical (unpaired) electrons. The fourth-order valence-electron chi connectivity index (χ4n) is 2.66. The van der Waals surface area contributed by atoms with Gasteiger partial charge < -0.3 is 10.1 Å². The number of benzene rings is 2. The lowest BCUT2D eigenvalue weighted by Crippen LogP contribution is -2.22. The summed E-state index contributed by atoms with van der Waals surface area (Å²) in [7, 11) is 1.64. The van der Waals surface area contributed by atoms with E-state index in [0.29, 0.717) is 10.8 Å². The molecule has 0 aliphatic rings. The molecule has 0 fully saturated rings. The Kier molecular flexibility index (Phi) is 5.27. The SMILES string of the molecule is CCNC(c1cc(C)cc(C)c1)c1ccc(Cl)c(OC)c1. The fourth-order valence-corrected chi connectivity index (χ4v) is 2.86. The molecule has 1 atom stereocenters. The molecule has 112 valence electrons. The van der Waals surface area contributed by atoms with E-state index >= 15 is 0 Å². The lowest BCUT2D eigenvalue weighted by molar-refractivity contribution is 0.414. The maximum Gasteiger partial charge on any atom is 0.137 e. The Morgan fingerprint density at radius 1 is 1.05 bits per heavy atom. The molecule has 0 saturated carbocycles. The van der Waals surface area contributed by atoms with Gasteiger partial charge in [-0.1, -0.05) is 53.9 Å². The zero-order chi connectivity index (χ0) is 15.4. The molecule has 3 heteroatoms. The monoisotopic (exact) mass is 303 g/mol. The van der Waals surface area contributed by atoms with Gasteiger partial charge in [-0.2, -0.15) is 0 Å². The largest absolute Gasteiger partial charge is 0.495 e. The average Bonchev–Trinajstić information content (AvgIpc) is 2.44. The number of hydrogen-bond acceptors (Lipinski definition) is 2. The van der Waals surface area contributed by atoms with E-state index in [1.165, 1.54) is 16.7 Å². The molecular formula is C18H22ClNO. The number of methoxy groups -OCH3 is 1. The Labute approximate surface area is 132 Å². The van der Waals surface area contributed by atoms with Gasteiger partial charge in [0, 0.05) is 0 Å². The molecule has 1 unspecified atom stereocenters. The van der Waals surface area contributed by atoms with Crippen LogP contribution in [0.5, 0.6) is 5.75 Å². The van der Waals surface area contributed by atoms with E-state index in [9.17, 15) is 0 Å². The molecule has 0 spiro atoms. The third-order valence-corrected chi connectivity index (χ3v) is 3.81. The van der Waals surface area contributed by atoms with Gasteiger partial charge in [-0.05, 0) is 43.7 Å². The number of nitrogens with one attached hydrogen (secondary N) is 1. The van der Waals surface area contributed by atoms with Gasteiger partial charge >= 0.3 is 0 Å². The van der Waals surface area contributed by atoms with Gasteiger partial charge in [-0.3, -0.25) is 0 Å². The van der Waals surface area contributed by atoms with Gasteiger partial charge in [-0.15, -0.1) is 0 Å². The molecule has 0 amide bonds. The molecular weight excluding hydrogens is 282 g/mol. The average molecular weight is 304 g/mol. The normalized spacial score (nSPS) is 12.2. The minimum Gasteiger partial charge on any atom is -0.495 e. The topological polar surface area (TPSA) is 21.3 Å². The third kappa shape index (κ3) is 3.78.